The van der Waals surface area contributed by atoms with E-state index < -0.39 is 5.92 Å². The minimum atomic E-state index is -0.497. The van der Waals surface area contributed by atoms with Crippen molar-refractivity contribution in [3.05, 3.63) is 57.5 Å². The third-order valence-corrected chi connectivity index (χ3v) is 7.99. The highest BCUT2D eigenvalue weighted by molar-refractivity contribution is 8.01. The monoisotopic (exact) mass is 569 g/mol. The number of carbonyl (C=O) groups is 3. The summed E-state index contributed by atoms with van der Waals surface area (Å²) in [5.41, 5.74) is 1.27. The molecule has 2 aromatic carbocycles. The van der Waals surface area contributed by atoms with Gasteiger partial charge in [0.1, 0.15) is 0 Å². The fraction of sp³-hybridized carbons (Fsp3) is 0.227. The normalized spacial score (nSPS) is 15.3. The zero-order chi connectivity index (χ0) is 24.9. The van der Waals surface area contributed by atoms with Crippen LogP contribution in [0.15, 0.2) is 46.8 Å². The molecule has 1 aliphatic heterocycles. The van der Waals surface area contributed by atoms with Crippen molar-refractivity contribution >= 4 is 92.1 Å². The molecule has 1 unspecified atom stereocenters. The molecule has 0 spiro atoms. The molecule has 0 aliphatic carbocycles. The number of aromatic nitrogens is 2. The van der Waals surface area contributed by atoms with Gasteiger partial charge in [0.15, 0.2) is 4.34 Å². The van der Waals surface area contributed by atoms with E-state index in [9.17, 15) is 14.4 Å². The molecule has 0 radical (unpaired) electrons. The van der Waals surface area contributed by atoms with Gasteiger partial charge in [-0.3, -0.25) is 14.4 Å². The second kappa shape index (κ2) is 11.6. The summed E-state index contributed by atoms with van der Waals surface area (Å²) >= 11 is 20.3. The first kappa shape index (κ1) is 25.7. The maximum absolute atomic E-state index is 12.7. The van der Waals surface area contributed by atoms with Crippen LogP contribution in [0.2, 0.25) is 15.1 Å². The molecule has 4 rings (SSSR count). The van der Waals surface area contributed by atoms with Gasteiger partial charge in [-0.1, -0.05) is 57.9 Å². The fourth-order valence-corrected chi connectivity index (χ4v) is 5.50. The Kier molecular flexibility index (Phi) is 8.51. The Hall–Kier alpha value is -2.37. The zero-order valence-corrected chi connectivity index (χ0v) is 21.9. The standard InChI is InChI=1S/C22H18Cl3N5O3S2/c23-13-1-4-15(5-2-13)30-11-12(9-19(30)32)20(33)27-21-28-29-22(35-21)34-8-7-18(31)26-14-3-6-16(24)17(25)10-14/h1-6,10,12H,7-9,11H2,(H,26,31)(H,27,28,33). The van der Waals surface area contributed by atoms with E-state index >= 15 is 0 Å². The number of nitrogens with zero attached hydrogens (tertiary/aromatic N) is 3. The number of anilines is 3. The van der Waals surface area contributed by atoms with E-state index in [2.05, 4.69) is 20.8 Å². The van der Waals surface area contributed by atoms with E-state index in [1.54, 1.807) is 47.4 Å². The molecule has 8 nitrogen and oxygen atoms in total. The summed E-state index contributed by atoms with van der Waals surface area (Å²) in [7, 11) is 0. The van der Waals surface area contributed by atoms with Gasteiger partial charge >= 0.3 is 0 Å². The zero-order valence-electron chi connectivity index (χ0n) is 18.0. The molecule has 1 aromatic heterocycles. The van der Waals surface area contributed by atoms with Gasteiger partial charge in [-0.15, -0.1) is 10.2 Å². The number of benzene rings is 2. The van der Waals surface area contributed by atoms with Crippen molar-refractivity contribution in [2.24, 2.45) is 5.92 Å². The van der Waals surface area contributed by atoms with Gasteiger partial charge in [0.2, 0.25) is 22.9 Å². The molecule has 1 aliphatic rings. The molecule has 0 bridgehead atoms. The minimum Gasteiger partial charge on any atom is -0.326 e. The Morgan fingerprint density at radius 2 is 1.83 bits per heavy atom. The summed E-state index contributed by atoms with van der Waals surface area (Å²) < 4.78 is 0.618. The quantitative estimate of drug-likeness (QED) is 0.269. The Bertz CT molecular complexity index is 1260. The molecule has 182 valence electrons. The first-order chi connectivity index (χ1) is 16.8. The highest BCUT2D eigenvalue weighted by Crippen LogP contribution is 2.30. The smallest absolute Gasteiger partial charge is 0.231 e. The number of hydrogen-bond donors (Lipinski definition) is 2. The molecule has 0 saturated carbocycles. The Morgan fingerprint density at radius 3 is 2.57 bits per heavy atom. The van der Waals surface area contributed by atoms with Crippen LogP contribution in [-0.4, -0.2) is 40.2 Å². The Balaban J connectivity index is 1.23. The van der Waals surface area contributed by atoms with E-state index in [4.69, 9.17) is 34.8 Å². The summed E-state index contributed by atoms with van der Waals surface area (Å²) in [6.07, 6.45) is 0.361. The summed E-state index contributed by atoms with van der Waals surface area (Å²) in [5.74, 6) is -0.611. The van der Waals surface area contributed by atoms with Crippen LogP contribution in [0.3, 0.4) is 0 Å². The maximum atomic E-state index is 12.7. The van der Waals surface area contributed by atoms with Crippen molar-refractivity contribution in [2.45, 2.75) is 17.2 Å². The lowest BCUT2D eigenvalue weighted by Gasteiger charge is -2.16. The average molecular weight is 571 g/mol. The fourth-order valence-electron chi connectivity index (χ4n) is 3.31. The van der Waals surface area contributed by atoms with Crippen molar-refractivity contribution in [3.63, 3.8) is 0 Å². The van der Waals surface area contributed by atoms with Gasteiger partial charge in [-0.2, -0.15) is 0 Å². The van der Waals surface area contributed by atoms with Crippen molar-refractivity contribution in [1.82, 2.24) is 10.2 Å². The third kappa shape index (κ3) is 6.86. The van der Waals surface area contributed by atoms with Crippen LogP contribution in [0.25, 0.3) is 0 Å². The number of thioether (sulfide) groups is 1. The van der Waals surface area contributed by atoms with Crippen molar-refractivity contribution in [3.8, 4) is 0 Å². The van der Waals surface area contributed by atoms with Crippen molar-refractivity contribution in [1.29, 1.82) is 0 Å². The molecular weight excluding hydrogens is 553 g/mol. The Labute approximate surface area is 224 Å². The molecule has 3 amide bonds. The molecule has 2 N–H and O–H groups in total. The highest BCUT2D eigenvalue weighted by atomic mass is 35.5. The third-order valence-electron chi connectivity index (χ3n) is 5.03. The van der Waals surface area contributed by atoms with Crippen LogP contribution < -0.4 is 15.5 Å². The van der Waals surface area contributed by atoms with Gasteiger partial charge in [-0.25, -0.2) is 0 Å². The summed E-state index contributed by atoms with van der Waals surface area (Å²) in [4.78, 5) is 38.8. The first-order valence-corrected chi connectivity index (χ1v) is 13.3. The van der Waals surface area contributed by atoms with E-state index in [1.165, 1.54) is 23.1 Å². The predicted molar refractivity (Wildman–Crippen MR) is 141 cm³/mol. The second-order valence-electron chi connectivity index (χ2n) is 7.52. The predicted octanol–water partition coefficient (Wildman–Crippen LogP) is 5.61. The van der Waals surface area contributed by atoms with E-state index in [0.29, 0.717) is 41.7 Å². The minimum absolute atomic E-state index is 0.114. The molecular formula is C22H18Cl3N5O3S2. The Morgan fingerprint density at radius 1 is 1.06 bits per heavy atom. The van der Waals surface area contributed by atoms with Gasteiger partial charge in [0, 0.05) is 41.5 Å². The van der Waals surface area contributed by atoms with E-state index in [-0.39, 0.29) is 37.1 Å². The van der Waals surface area contributed by atoms with Crippen molar-refractivity contribution in [2.75, 3.05) is 27.8 Å². The van der Waals surface area contributed by atoms with Gasteiger partial charge in [0.25, 0.3) is 0 Å². The molecule has 13 heteroatoms. The average Bonchev–Trinajstić information content (AvgIpc) is 3.43. The van der Waals surface area contributed by atoms with Gasteiger partial charge in [-0.05, 0) is 42.5 Å². The van der Waals surface area contributed by atoms with Gasteiger partial charge < -0.3 is 15.5 Å². The summed E-state index contributed by atoms with van der Waals surface area (Å²) in [5, 5.41) is 15.2. The molecule has 1 fully saturated rings. The molecule has 1 atom stereocenters. The number of amides is 3. The highest BCUT2D eigenvalue weighted by Gasteiger charge is 2.35. The van der Waals surface area contributed by atoms with E-state index in [1.807, 2.05) is 0 Å². The lowest BCUT2D eigenvalue weighted by molar-refractivity contribution is -0.122. The molecule has 35 heavy (non-hydrogen) atoms. The largest absolute Gasteiger partial charge is 0.326 e. The lowest BCUT2D eigenvalue weighted by Crippen LogP contribution is -2.28. The topological polar surface area (TPSA) is 104 Å². The molecule has 1 saturated heterocycles. The SMILES string of the molecule is O=C(CCSc1nnc(NC(=O)C2CC(=O)N(c3ccc(Cl)cc3)C2)s1)Nc1ccc(Cl)c(Cl)c1. The van der Waals surface area contributed by atoms with Crippen LogP contribution in [-0.2, 0) is 14.4 Å². The van der Waals surface area contributed by atoms with E-state index in [0.717, 1.165) is 0 Å². The maximum Gasteiger partial charge on any atom is 0.231 e. The van der Waals surface area contributed by atoms with Crippen LogP contribution in [0.5, 0.6) is 0 Å². The first-order valence-electron chi connectivity index (χ1n) is 10.4. The number of nitrogens with one attached hydrogen (secondary N) is 2. The van der Waals surface area contributed by atoms with Crippen LogP contribution in [0.1, 0.15) is 12.8 Å². The number of carbonyl (C=O) groups excluding carboxylic acids is 3. The van der Waals surface area contributed by atoms with Crippen molar-refractivity contribution < 1.29 is 14.4 Å². The number of hydrogen-bond acceptors (Lipinski definition) is 7. The number of rotatable bonds is 8. The number of halogens is 3. The summed E-state index contributed by atoms with van der Waals surface area (Å²) in [6.45, 7) is 0.278. The van der Waals surface area contributed by atoms with Gasteiger partial charge in [0.05, 0.1) is 16.0 Å². The van der Waals surface area contributed by atoms with Crippen LogP contribution in [0, 0.1) is 5.92 Å². The van der Waals surface area contributed by atoms with Crippen LogP contribution in [0.4, 0.5) is 16.5 Å². The molecule has 3 aromatic rings. The lowest BCUT2D eigenvalue weighted by atomic mass is 10.1. The molecule has 2 heterocycles. The summed E-state index contributed by atoms with van der Waals surface area (Å²) in [6, 6.07) is 11.8. The second-order valence-corrected chi connectivity index (χ2v) is 11.1. The van der Waals surface area contributed by atoms with Crippen LogP contribution >= 0.6 is 57.9 Å².